The number of hydrogen-bond acceptors (Lipinski definition) is 9. The minimum absolute atomic E-state index is 0.208. The average Bonchev–Trinajstić information content (AvgIpc) is 3.23. The number of aromatic nitrogens is 3. The maximum Gasteiger partial charge on any atom is 0.281 e. The first-order valence-electron chi connectivity index (χ1n) is 14.7. The predicted octanol–water partition coefficient (Wildman–Crippen LogP) is 5.07. The van der Waals surface area contributed by atoms with Crippen molar-refractivity contribution in [3.63, 3.8) is 0 Å². The monoisotopic (exact) mass is 606 g/mol. The molecular formula is C32H42N6O4S. The summed E-state index contributed by atoms with van der Waals surface area (Å²) in [6.45, 7) is 14.6. The number of sulfonamides is 1. The van der Waals surface area contributed by atoms with Crippen LogP contribution in [0.15, 0.2) is 53.7 Å². The van der Waals surface area contributed by atoms with Crippen LogP contribution in [0.25, 0.3) is 0 Å². The van der Waals surface area contributed by atoms with E-state index in [2.05, 4.69) is 59.5 Å². The molecule has 11 heteroatoms. The normalized spacial score (nSPS) is 22.0. The zero-order chi connectivity index (χ0) is 31.4. The van der Waals surface area contributed by atoms with Gasteiger partial charge in [-0.05, 0) is 94.8 Å². The van der Waals surface area contributed by atoms with Crippen LogP contribution in [0, 0.1) is 5.92 Å². The third-order valence-electron chi connectivity index (χ3n) is 8.36. The van der Waals surface area contributed by atoms with Crippen molar-refractivity contribution in [2.24, 2.45) is 5.92 Å². The van der Waals surface area contributed by atoms with Crippen molar-refractivity contribution in [3.05, 3.63) is 71.2 Å². The number of carbonyl (C=O) groups excluding carboxylic acids is 1. The quantitative estimate of drug-likeness (QED) is 0.365. The number of nitrogens with zero attached hydrogens (tertiary/aromatic N) is 4. The van der Waals surface area contributed by atoms with Crippen molar-refractivity contribution in [3.8, 4) is 0 Å². The van der Waals surface area contributed by atoms with Gasteiger partial charge < -0.3 is 15.3 Å². The lowest BCUT2D eigenvalue weighted by molar-refractivity contribution is 0.0783. The number of aliphatic hydroxyl groups is 1. The second kappa shape index (κ2) is 10.9. The van der Waals surface area contributed by atoms with Crippen molar-refractivity contribution in [2.45, 2.75) is 95.4 Å². The summed E-state index contributed by atoms with van der Waals surface area (Å²) in [5.74, 6) is 0.359. The van der Waals surface area contributed by atoms with Gasteiger partial charge in [0, 0.05) is 29.4 Å². The number of pyridine rings is 3. The van der Waals surface area contributed by atoms with Crippen LogP contribution in [0.3, 0.4) is 0 Å². The summed E-state index contributed by atoms with van der Waals surface area (Å²) in [7, 11) is -4.31. The van der Waals surface area contributed by atoms with E-state index in [1.807, 2.05) is 6.07 Å². The molecule has 1 saturated heterocycles. The van der Waals surface area contributed by atoms with Crippen molar-refractivity contribution in [2.75, 3.05) is 16.8 Å². The Bertz CT molecular complexity index is 1640. The fourth-order valence-electron chi connectivity index (χ4n) is 5.97. The van der Waals surface area contributed by atoms with E-state index in [1.54, 1.807) is 50.4 Å². The molecular weight excluding hydrogens is 564 g/mol. The fraction of sp³-hybridized carbons (Fsp3) is 0.500. The van der Waals surface area contributed by atoms with Crippen molar-refractivity contribution in [1.29, 1.82) is 0 Å². The summed E-state index contributed by atoms with van der Waals surface area (Å²) in [4.78, 5) is 29.8. The molecule has 5 rings (SSSR count). The van der Waals surface area contributed by atoms with E-state index < -0.39 is 21.5 Å². The first-order valence-corrected chi connectivity index (χ1v) is 16.2. The highest BCUT2D eigenvalue weighted by Crippen LogP contribution is 2.41. The van der Waals surface area contributed by atoms with Gasteiger partial charge in [-0.3, -0.25) is 9.78 Å². The van der Waals surface area contributed by atoms with Crippen LogP contribution < -0.4 is 14.9 Å². The lowest BCUT2D eigenvalue weighted by Gasteiger charge is -2.34. The van der Waals surface area contributed by atoms with Crippen molar-refractivity contribution in [1.82, 2.24) is 19.7 Å². The van der Waals surface area contributed by atoms with Crippen molar-refractivity contribution >= 4 is 27.6 Å². The van der Waals surface area contributed by atoms with E-state index in [9.17, 15) is 18.3 Å². The average molecular weight is 607 g/mol. The third-order valence-corrected chi connectivity index (χ3v) is 9.59. The minimum Gasteiger partial charge on any atom is -0.386 e. The van der Waals surface area contributed by atoms with Crippen LogP contribution in [-0.2, 0) is 21.0 Å². The number of nitrogens with one attached hydrogen (secondary N) is 2. The number of rotatable bonds is 2. The Labute approximate surface area is 254 Å². The Morgan fingerprint density at radius 1 is 1.02 bits per heavy atom. The van der Waals surface area contributed by atoms with Gasteiger partial charge in [0.15, 0.2) is 5.03 Å². The van der Waals surface area contributed by atoms with E-state index >= 15 is 0 Å². The summed E-state index contributed by atoms with van der Waals surface area (Å²) in [5, 5.41) is 13.8. The highest BCUT2D eigenvalue weighted by atomic mass is 32.2. The van der Waals surface area contributed by atoms with Gasteiger partial charge in [0.2, 0.25) is 0 Å². The van der Waals surface area contributed by atoms with E-state index in [0.717, 1.165) is 29.8 Å². The van der Waals surface area contributed by atoms with Crippen LogP contribution in [0.5, 0.6) is 0 Å². The molecule has 0 radical (unpaired) electrons. The molecule has 10 nitrogen and oxygen atoms in total. The molecule has 5 heterocycles. The van der Waals surface area contributed by atoms with Gasteiger partial charge >= 0.3 is 0 Å². The van der Waals surface area contributed by atoms with Crippen LogP contribution in [0.4, 0.5) is 11.6 Å². The lowest BCUT2D eigenvalue weighted by Crippen LogP contribution is -2.41. The topological polar surface area (TPSA) is 137 Å². The predicted molar refractivity (Wildman–Crippen MR) is 166 cm³/mol. The first kappa shape index (κ1) is 30.9. The zero-order valence-electron chi connectivity index (χ0n) is 26.0. The van der Waals surface area contributed by atoms with Crippen LogP contribution in [0.2, 0.25) is 0 Å². The summed E-state index contributed by atoms with van der Waals surface area (Å²) in [5.41, 5.74) is 0.828. The Balaban J connectivity index is 1.62. The maximum atomic E-state index is 13.6. The van der Waals surface area contributed by atoms with E-state index in [1.165, 1.54) is 6.07 Å². The Kier molecular flexibility index (Phi) is 7.79. The van der Waals surface area contributed by atoms with Crippen LogP contribution >= 0.6 is 0 Å². The van der Waals surface area contributed by atoms with E-state index in [4.69, 9.17) is 4.98 Å². The molecule has 1 fully saturated rings. The second-order valence-corrected chi connectivity index (χ2v) is 15.5. The SMILES string of the molecule is CC(C)(C)c1ccc2c(n1)N1C[C@@H](CCC(c3cc(C(C)(C)O)ccn3)Nc3cccc(n3)S(=O)(=O)NC2=O)CC1(C)C. The molecule has 3 aromatic rings. The van der Waals surface area contributed by atoms with Gasteiger partial charge in [-0.25, -0.2) is 14.7 Å². The molecule has 2 aliphatic rings. The molecule has 3 N–H and O–H groups in total. The summed E-state index contributed by atoms with van der Waals surface area (Å²) in [6.07, 6.45) is 4.07. The molecule has 1 unspecified atom stereocenters. The van der Waals surface area contributed by atoms with Gasteiger partial charge in [-0.15, -0.1) is 0 Å². The van der Waals surface area contributed by atoms with E-state index in [-0.39, 0.29) is 33.5 Å². The summed E-state index contributed by atoms with van der Waals surface area (Å²) >= 11 is 0. The minimum atomic E-state index is -4.31. The van der Waals surface area contributed by atoms with Gasteiger partial charge in [-0.1, -0.05) is 26.8 Å². The highest BCUT2D eigenvalue weighted by Gasteiger charge is 2.41. The molecule has 230 valence electrons. The Hall–Kier alpha value is -3.57. The third kappa shape index (κ3) is 6.52. The maximum absolute atomic E-state index is 13.6. The van der Waals surface area contributed by atoms with Crippen LogP contribution in [-0.4, -0.2) is 46.5 Å². The summed E-state index contributed by atoms with van der Waals surface area (Å²) < 4.78 is 29.1. The summed E-state index contributed by atoms with van der Waals surface area (Å²) in [6, 6.07) is 11.5. The van der Waals surface area contributed by atoms with E-state index in [0.29, 0.717) is 24.6 Å². The molecule has 3 aromatic heterocycles. The molecule has 43 heavy (non-hydrogen) atoms. The van der Waals surface area contributed by atoms with Gasteiger partial charge in [-0.2, -0.15) is 8.42 Å². The zero-order valence-corrected chi connectivity index (χ0v) is 26.8. The number of fused-ring (bicyclic) bond motifs is 6. The smallest absolute Gasteiger partial charge is 0.281 e. The van der Waals surface area contributed by atoms with Gasteiger partial charge in [0.05, 0.1) is 22.9 Å². The number of amides is 1. The molecule has 4 bridgehead atoms. The standard InChI is InChI=1S/C32H42N6O4S/c1-30(2,3)25-14-12-22-28(35-25)38-19-20(18-31(38,4)5)11-13-23(24-17-21(15-16-33-24)32(6,7)40)34-26-9-8-10-27(36-26)43(41,42)37-29(22)39/h8-10,12,14-17,20,23,40H,11,13,18-19H2,1-7H3,(H,34,36)(H,37,39)/t20-,23?/m0/s1. The van der Waals surface area contributed by atoms with Crippen LogP contribution in [0.1, 0.15) is 101 Å². The lowest BCUT2D eigenvalue weighted by atomic mass is 9.90. The molecule has 0 aliphatic carbocycles. The fourth-order valence-corrected chi connectivity index (χ4v) is 6.91. The Morgan fingerprint density at radius 2 is 1.77 bits per heavy atom. The van der Waals surface area contributed by atoms with Crippen molar-refractivity contribution < 1.29 is 18.3 Å². The number of anilines is 2. The number of hydrogen-bond donors (Lipinski definition) is 3. The highest BCUT2D eigenvalue weighted by molar-refractivity contribution is 7.90. The number of carbonyl (C=O) groups is 1. The molecule has 1 amide bonds. The first-order chi connectivity index (χ1) is 19.9. The largest absolute Gasteiger partial charge is 0.386 e. The van der Waals surface area contributed by atoms with Gasteiger partial charge in [0.25, 0.3) is 15.9 Å². The molecule has 0 spiro atoms. The molecule has 2 atom stereocenters. The molecule has 0 saturated carbocycles. The molecule has 2 aliphatic heterocycles. The Morgan fingerprint density at radius 3 is 2.47 bits per heavy atom. The molecule has 0 aromatic carbocycles. The second-order valence-electron chi connectivity index (χ2n) is 13.9. The van der Waals surface area contributed by atoms with Gasteiger partial charge in [0.1, 0.15) is 11.6 Å².